The van der Waals surface area contributed by atoms with Crippen LogP contribution >= 0.6 is 15.9 Å². The molecule has 1 aromatic carbocycles. The number of nitrogens with zero attached hydrogens (tertiary/aromatic N) is 2. The third-order valence-corrected chi connectivity index (χ3v) is 5.23. The van der Waals surface area contributed by atoms with Gasteiger partial charge >= 0.3 is 5.69 Å². The second-order valence-electron chi connectivity index (χ2n) is 5.61. The average molecular weight is 368 g/mol. The summed E-state index contributed by atoms with van der Waals surface area (Å²) in [6.45, 7) is 9.10. The molecule has 0 aliphatic carbocycles. The average Bonchev–Trinajstić information content (AvgIpc) is 2.76. The van der Waals surface area contributed by atoms with Crippen molar-refractivity contribution in [3.05, 3.63) is 28.7 Å². The molecule has 1 aromatic heterocycles. The van der Waals surface area contributed by atoms with Crippen LogP contribution in [0.1, 0.15) is 27.7 Å². The summed E-state index contributed by atoms with van der Waals surface area (Å²) in [5, 5.41) is 2.90. The Bertz CT molecular complexity index is 746. The van der Waals surface area contributed by atoms with E-state index in [0.29, 0.717) is 18.8 Å². The molecule has 2 rings (SSSR count). The monoisotopic (exact) mass is 367 g/mol. The van der Waals surface area contributed by atoms with Crippen LogP contribution in [0, 0.1) is 5.92 Å². The number of alkyl halides is 1. The fraction of sp³-hybridized carbons (Fsp3) is 0.500. The van der Waals surface area contributed by atoms with Gasteiger partial charge in [-0.2, -0.15) is 0 Å². The standard InChI is InChI=1S/C16H22BrN3O2/c1-5-19-12-8-7-11(18-15(21)14(17)10(3)4)9-13(12)20(6-2)16(19)22/h7-10,14H,5-6H2,1-4H3,(H,18,21)/t14-/m0/s1. The molecule has 0 bridgehead atoms. The zero-order valence-corrected chi connectivity index (χ0v) is 15.0. The van der Waals surface area contributed by atoms with Crippen LogP contribution in [-0.2, 0) is 17.9 Å². The molecule has 2 aromatic rings. The van der Waals surface area contributed by atoms with Crippen molar-refractivity contribution in [2.45, 2.75) is 45.6 Å². The number of carbonyl (C=O) groups excluding carboxylic acids is 1. The van der Waals surface area contributed by atoms with Crippen molar-refractivity contribution < 1.29 is 4.79 Å². The fourth-order valence-corrected chi connectivity index (χ4v) is 2.64. The van der Waals surface area contributed by atoms with Crippen LogP contribution in [0.2, 0.25) is 0 Å². The number of fused-ring (bicyclic) bond motifs is 1. The number of nitrogens with one attached hydrogen (secondary N) is 1. The third-order valence-electron chi connectivity index (χ3n) is 3.75. The van der Waals surface area contributed by atoms with E-state index in [1.165, 1.54) is 0 Å². The summed E-state index contributed by atoms with van der Waals surface area (Å²) in [7, 11) is 0. The molecule has 120 valence electrons. The number of anilines is 1. The van der Waals surface area contributed by atoms with Gasteiger partial charge in [-0.3, -0.25) is 13.9 Å². The summed E-state index contributed by atoms with van der Waals surface area (Å²) in [4.78, 5) is 24.2. The molecule has 1 atom stereocenters. The molecule has 6 heteroatoms. The van der Waals surface area contributed by atoms with Crippen LogP contribution in [0.3, 0.4) is 0 Å². The van der Waals surface area contributed by atoms with Gasteiger partial charge in [-0.05, 0) is 38.0 Å². The number of amides is 1. The van der Waals surface area contributed by atoms with Gasteiger partial charge in [0.05, 0.1) is 15.9 Å². The third kappa shape index (κ3) is 2.97. The number of rotatable bonds is 5. The molecular formula is C16H22BrN3O2. The topological polar surface area (TPSA) is 56.0 Å². The predicted molar refractivity (Wildman–Crippen MR) is 93.7 cm³/mol. The van der Waals surface area contributed by atoms with Gasteiger partial charge in [-0.1, -0.05) is 29.8 Å². The smallest absolute Gasteiger partial charge is 0.325 e. The van der Waals surface area contributed by atoms with Crippen molar-refractivity contribution in [1.82, 2.24) is 9.13 Å². The van der Waals surface area contributed by atoms with Gasteiger partial charge in [-0.15, -0.1) is 0 Å². The number of aromatic nitrogens is 2. The van der Waals surface area contributed by atoms with Gasteiger partial charge in [0, 0.05) is 18.8 Å². The highest BCUT2D eigenvalue weighted by Crippen LogP contribution is 2.21. The Kier molecular flexibility index (Phi) is 5.11. The normalized spacial score (nSPS) is 12.8. The van der Waals surface area contributed by atoms with Gasteiger partial charge in [0.25, 0.3) is 0 Å². The molecule has 1 N–H and O–H groups in total. The van der Waals surface area contributed by atoms with E-state index < -0.39 is 0 Å². The number of halogens is 1. The SMILES string of the molecule is CCn1c(=O)n(CC)c2cc(NC(=O)[C@@H](Br)C(C)C)ccc21. The summed E-state index contributed by atoms with van der Waals surface area (Å²) in [5.41, 5.74) is 2.44. The van der Waals surface area contributed by atoms with Crippen molar-refractivity contribution >= 4 is 38.6 Å². The zero-order valence-electron chi connectivity index (χ0n) is 13.4. The Morgan fingerprint density at radius 1 is 1.18 bits per heavy atom. The first-order chi connectivity index (χ1) is 10.4. The molecule has 0 fully saturated rings. The lowest BCUT2D eigenvalue weighted by Gasteiger charge is -2.14. The second kappa shape index (κ2) is 6.69. The van der Waals surface area contributed by atoms with Crippen LogP contribution in [0.5, 0.6) is 0 Å². The van der Waals surface area contributed by atoms with Crippen LogP contribution in [-0.4, -0.2) is 19.9 Å². The Labute approximate surface area is 138 Å². The molecule has 22 heavy (non-hydrogen) atoms. The van der Waals surface area contributed by atoms with E-state index in [-0.39, 0.29) is 22.3 Å². The van der Waals surface area contributed by atoms with E-state index in [4.69, 9.17) is 0 Å². The highest BCUT2D eigenvalue weighted by molar-refractivity contribution is 9.10. The molecular weight excluding hydrogens is 346 g/mol. The molecule has 1 heterocycles. The van der Waals surface area contributed by atoms with E-state index in [9.17, 15) is 9.59 Å². The fourth-order valence-electron chi connectivity index (χ4n) is 2.52. The first kappa shape index (κ1) is 16.8. The van der Waals surface area contributed by atoms with Gasteiger partial charge in [0.1, 0.15) is 0 Å². The number of carbonyl (C=O) groups is 1. The summed E-state index contributed by atoms with van der Waals surface area (Å²) >= 11 is 3.40. The van der Waals surface area contributed by atoms with Crippen LogP contribution in [0.15, 0.2) is 23.0 Å². The molecule has 0 aliphatic rings. The number of aryl methyl sites for hydroxylation is 2. The zero-order chi connectivity index (χ0) is 16.4. The summed E-state index contributed by atoms with van der Waals surface area (Å²) in [6, 6.07) is 5.59. The van der Waals surface area contributed by atoms with E-state index in [1.54, 1.807) is 9.13 Å². The lowest BCUT2D eigenvalue weighted by Crippen LogP contribution is -2.26. The highest BCUT2D eigenvalue weighted by atomic mass is 79.9. The lowest BCUT2D eigenvalue weighted by atomic mass is 10.1. The van der Waals surface area contributed by atoms with Gasteiger partial charge < -0.3 is 5.32 Å². The predicted octanol–water partition coefficient (Wildman–Crippen LogP) is 3.20. The Balaban J connectivity index is 2.43. The minimum absolute atomic E-state index is 0.0102. The molecule has 0 saturated carbocycles. The van der Waals surface area contributed by atoms with Crippen molar-refractivity contribution in [3.8, 4) is 0 Å². The quantitative estimate of drug-likeness (QED) is 0.824. The number of imidazole rings is 1. The van der Waals surface area contributed by atoms with Crippen molar-refractivity contribution in [2.24, 2.45) is 5.92 Å². The van der Waals surface area contributed by atoms with Gasteiger partial charge in [0.15, 0.2) is 0 Å². The van der Waals surface area contributed by atoms with Gasteiger partial charge in [-0.25, -0.2) is 4.79 Å². The number of benzene rings is 1. The Morgan fingerprint density at radius 2 is 1.77 bits per heavy atom. The highest BCUT2D eigenvalue weighted by Gasteiger charge is 2.19. The first-order valence-corrected chi connectivity index (χ1v) is 8.50. The van der Waals surface area contributed by atoms with Gasteiger partial charge in [0.2, 0.25) is 5.91 Å². The molecule has 0 unspecified atom stereocenters. The van der Waals surface area contributed by atoms with Crippen LogP contribution in [0.4, 0.5) is 5.69 Å². The number of hydrogen-bond acceptors (Lipinski definition) is 2. The summed E-state index contributed by atoms with van der Waals surface area (Å²) < 4.78 is 3.47. The van der Waals surface area contributed by atoms with E-state index in [0.717, 1.165) is 11.0 Å². The van der Waals surface area contributed by atoms with Crippen molar-refractivity contribution in [1.29, 1.82) is 0 Å². The second-order valence-corrected chi connectivity index (χ2v) is 6.60. The summed E-state index contributed by atoms with van der Waals surface area (Å²) in [5.74, 6) is 0.133. The summed E-state index contributed by atoms with van der Waals surface area (Å²) in [6.07, 6.45) is 0. The molecule has 0 saturated heterocycles. The minimum Gasteiger partial charge on any atom is -0.325 e. The Hall–Kier alpha value is -1.56. The lowest BCUT2D eigenvalue weighted by molar-refractivity contribution is -0.116. The maximum atomic E-state index is 12.3. The van der Waals surface area contributed by atoms with Crippen LogP contribution in [0.25, 0.3) is 11.0 Å². The maximum absolute atomic E-state index is 12.3. The molecule has 5 nitrogen and oxygen atoms in total. The van der Waals surface area contributed by atoms with E-state index in [1.807, 2.05) is 45.9 Å². The van der Waals surface area contributed by atoms with Crippen molar-refractivity contribution in [3.63, 3.8) is 0 Å². The molecule has 0 spiro atoms. The first-order valence-electron chi connectivity index (χ1n) is 7.58. The minimum atomic E-state index is -0.239. The van der Waals surface area contributed by atoms with E-state index in [2.05, 4.69) is 21.2 Å². The van der Waals surface area contributed by atoms with Crippen molar-refractivity contribution in [2.75, 3.05) is 5.32 Å². The molecule has 0 radical (unpaired) electrons. The van der Waals surface area contributed by atoms with Crippen LogP contribution < -0.4 is 11.0 Å². The molecule has 0 aliphatic heterocycles. The number of hydrogen-bond donors (Lipinski definition) is 1. The Morgan fingerprint density at radius 3 is 2.32 bits per heavy atom. The largest absolute Gasteiger partial charge is 0.329 e. The maximum Gasteiger partial charge on any atom is 0.329 e. The molecule has 1 amide bonds. The van der Waals surface area contributed by atoms with E-state index >= 15 is 0 Å².